The molecule has 0 aromatic carbocycles. The highest BCUT2D eigenvalue weighted by Crippen LogP contribution is 2.50. The Labute approximate surface area is 127 Å². The van der Waals surface area contributed by atoms with Crippen molar-refractivity contribution in [2.75, 3.05) is 20.3 Å². The summed E-state index contributed by atoms with van der Waals surface area (Å²) in [6, 6.07) is 0. The van der Waals surface area contributed by atoms with Gasteiger partial charge in [0, 0.05) is 25.5 Å². The van der Waals surface area contributed by atoms with Crippen molar-refractivity contribution in [3.8, 4) is 0 Å². The summed E-state index contributed by atoms with van der Waals surface area (Å²) in [4.78, 5) is 22.0. The van der Waals surface area contributed by atoms with Crippen LogP contribution in [0.2, 0.25) is 0 Å². The fourth-order valence-corrected chi connectivity index (χ4v) is 3.52. The van der Waals surface area contributed by atoms with Crippen molar-refractivity contribution < 1.29 is 14.3 Å². The molecule has 1 saturated carbocycles. The standard InChI is InChI=1S/C15H18N2O3S/c1-4-20-15(18)11-6-16-14-13(17-8(2)21-14)12(11)10-5-9(10)7-19-3/h6,9-10H,4-5,7H2,1-3H3. The minimum absolute atomic E-state index is 0.310. The fourth-order valence-electron chi connectivity index (χ4n) is 2.75. The number of aromatic nitrogens is 2. The molecule has 0 radical (unpaired) electrons. The zero-order chi connectivity index (χ0) is 15.0. The first kappa shape index (κ1) is 14.4. The van der Waals surface area contributed by atoms with Gasteiger partial charge in [-0.1, -0.05) is 11.3 Å². The maximum Gasteiger partial charge on any atom is 0.340 e. The molecule has 6 heteroatoms. The summed E-state index contributed by atoms with van der Waals surface area (Å²) in [5.74, 6) is 0.461. The SMILES string of the molecule is CCOC(=O)c1cnc2sc(C)nc2c1C1CC1COC. The zero-order valence-electron chi connectivity index (χ0n) is 12.4. The fraction of sp³-hybridized carbons (Fsp3) is 0.533. The van der Waals surface area contributed by atoms with Gasteiger partial charge in [0.1, 0.15) is 10.3 Å². The lowest BCUT2D eigenvalue weighted by molar-refractivity contribution is 0.0524. The van der Waals surface area contributed by atoms with Gasteiger partial charge in [0.2, 0.25) is 0 Å². The number of carbonyl (C=O) groups is 1. The quantitative estimate of drug-likeness (QED) is 0.795. The topological polar surface area (TPSA) is 61.3 Å². The van der Waals surface area contributed by atoms with E-state index in [2.05, 4.69) is 9.97 Å². The molecule has 5 nitrogen and oxygen atoms in total. The van der Waals surface area contributed by atoms with Gasteiger partial charge in [0.05, 0.1) is 17.2 Å². The van der Waals surface area contributed by atoms with Gasteiger partial charge in [-0.2, -0.15) is 0 Å². The van der Waals surface area contributed by atoms with Crippen LogP contribution in [0.4, 0.5) is 0 Å². The lowest BCUT2D eigenvalue weighted by Crippen LogP contribution is -2.09. The summed E-state index contributed by atoms with van der Waals surface area (Å²) in [6.45, 7) is 4.83. The summed E-state index contributed by atoms with van der Waals surface area (Å²) in [7, 11) is 1.71. The maximum atomic E-state index is 12.2. The highest BCUT2D eigenvalue weighted by Gasteiger charge is 2.42. The molecular weight excluding hydrogens is 288 g/mol. The number of methoxy groups -OCH3 is 1. The number of ether oxygens (including phenoxy) is 2. The lowest BCUT2D eigenvalue weighted by atomic mass is 10.0. The lowest BCUT2D eigenvalue weighted by Gasteiger charge is -2.09. The van der Waals surface area contributed by atoms with Crippen molar-refractivity contribution in [3.63, 3.8) is 0 Å². The number of thiazole rings is 1. The Morgan fingerprint density at radius 3 is 3.05 bits per heavy atom. The summed E-state index contributed by atoms with van der Waals surface area (Å²) in [5, 5.41) is 0.962. The van der Waals surface area contributed by atoms with Gasteiger partial charge < -0.3 is 9.47 Å². The van der Waals surface area contributed by atoms with Crippen LogP contribution in [0.15, 0.2) is 6.20 Å². The summed E-state index contributed by atoms with van der Waals surface area (Å²) in [6.07, 6.45) is 2.66. The molecule has 112 valence electrons. The number of rotatable bonds is 5. The molecule has 0 aliphatic heterocycles. The highest BCUT2D eigenvalue weighted by atomic mass is 32.1. The van der Waals surface area contributed by atoms with Crippen molar-refractivity contribution in [3.05, 3.63) is 22.3 Å². The summed E-state index contributed by atoms with van der Waals surface area (Å²) in [5.41, 5.74) is 2.40. The van der Waals surface area contributed by atoms with Gasteiger partial charge in [-0.05, 0) is 32.1 Å². The van der Waals surface area contributed by atoms with E-state index in [-0.39, 0.29) is 5.97 Å². The number of fused-ring (bicyclic) bond motifs is 1. The summed E-state index contributed by atoms with van der Waals surface area (Å²) >= 11 is 1.55. The van der Waals surface area contributed by atoms with Gasteiger partial charge in [-0.3, -0.25) is 0 Å². The van der Waals surface area contributed by atoms with Crippen LogP contribution in [0.3, 0.4) is 0 Å². The van der Waals surface area contributed by atoms with E-state index < -0.39 is 0 Å². The average molecular weight is 306 g/mol. The van der Waals surface area contributed by atoms with Crippen LogP contribution < -0.4 is 0 Å². The molecule has 0 saturated heterocycles. The Morgan fingerprint density at radius 1 is 1.52 bits per heavy atom. The molecule has 1 aliphatic rings. The number of hydrogen-bond donors (Lipinski definition) is 0. The third-order valence-corrected chi connectivity index (χ3v) is 4.62. The maximum absolute atomic E-state index is 12.2. The minimum Gasteiger partial charge on any atom is -0.462 e. The van der Waals surface area contributed by atoms with E-state index in [1.807, 2.05) is 6.92 Å². The van der Waals surface area contributed by atoms with Crippen LogP contribution in [0.25, 0.3) is 10.3 Å². The van der Waals surface area contributed by atoms with E-state index >= 15 is 0 Å². The van der Waals surface area contributed by atoms with Crippen molar-refractivity contribution in [1.82, 2.24) is 9.97 Å². The Kier molecular flexibility index (Phi) is 3.91. The van der Waals surface area contributed by atoms with Crippen molar-refractivity contribution in [1.29, 1.82) is 0 Å². The van der Waals surface area contributed by atoms with E-state index in [9.17, 15) is 4.79 Å². The van der Waals surface area contributed by atoms with E-state index in [4.69, 9.17) is 9.47 Å². The molecule has 2 aromatic rings. The zero-order valence-corrected chi connectivity index (χ0v) is 13.2. The molecule has 0 bridgehead atoms. The molecule has 2 heterocycles. The smallest absolute Gasteiger partial charge is 0.340 e. The Balaban J connectivity index is 2.07. The second-order valence-corrected chi connectivity index (χ2v) is 6.43. The van der Waals surface area contributed by atoms with E-state index in [0.717, 1.165) is 27.3 Å². The molecule has 2 unspecified atom stereocenters. The average Bonchev–Trinajstić information content (AvgIpc) is 3.09. The predicted octanol–water partition coefficient (Wildman–Crippen LogP) is 2.93. The molecule has 1 fully saturated rings. The number of aryl methyl sites for hydroxylation is 1. The molecular formula is C15H18N2O3S. The van der Waals surface area contributed by atoms with Gasteiger partial charge in [-0.25, -0.2) is 14.8 Å². The van der Waals surface area contributed by atoms with Gasteiger partial charge in [0.15, 0.2) is 0 Å². The normalized spacial score (nSPS) is 20.7. The van der Waals surface area contributed by atoms with Crippen LogP contribution >= 0.6 is 11.3 Å². The number of nitrogens with zero attached hydrogens (tertiary/aromatic N) is 2. The Morgan fingerprint density at radius 2 is 2.33 bits per heavy atom. The number of carbonyl (C=O) groups excluding carboxylic acids is 1. The molecule has 3 rings (SSSR count). The molecule has 0 N–H and O–H groups in total. The monoisotopic (exact) mass is 306 g/mol. The van der Waals surface area contributed by atoms with Crippen molar-refractivity contribution in [2.24, 2.45) is 5.92 Å². The Bertz CT molecular complexity index is 683. The molecule has 0 amide bonds. The highest BCUT2D eigenvalue weighted by molar-refractivity contribution is 7.18. The largest absolute Gasteiger partial charge is 0.462 e. The van der Waals surface area contributed by atoms with Gasteiger partial charge in [0.25, 0.3) is 0 Å². The summed E-state index contributed by atoms with van der Waals surface area (Å²) < 4.78 is 10.4. The first-order valence-corrected chi connectivity index (χ1v) is 7.89. The van der Waals surface area contributed by atoms with E-state index in [1.165, 1.54) is 0 Å². The van der Waals surface area contributed by atoms with Crippen molar-refractivity contribution >= 4 is 27.7 Å². The van der Waals surface area contributed by atoms with Crippen LogP contribution in [0, 0.1) is 12.8 Å². The number of hydrogen-bond acceptors (Lipinski definition) is 6. The number of pyridine rings is 1. The van der Waals surface area contributed by atoms with Crippen LogP contribution in [-0.4, -0.2) is 36.3 Å². The minimum atomic E-state index is -0.310. The van der Waals surface area contributed by atoms with Gasteiger partial charge in [-0.15, -0.1) is 0 Å². The second-order valence-electron chi connectivity index (χ2n) is 5.25. The molecule has 2 aromatic heterocycles. The van der Waals surface area contributed by atoms with E-state index in [0.29, 0.717) is 30.6 Å². The second kappa shape index (κ2) is 5.69. The first-order chi connectivity index (χ1) is 10.2. The van der Waals surface area contributed by atoms with Crippen molar-refractivity contribution in [2.45, 2.75) is 26.2 Å². The Hall–Kier alpha value is -1.53. The van der Waals surface area contributed by atoms with Crippen LogP contribution in [0.5, 0.6) is 0 Å². The van der Waals surface area contributed by atoms with Crippen LogP contribution in [0.1, 0.15) is 40.2 Å². The predicted molar refractivity (Wildman–Crippen MR) is 80.8 cm³/mol. The molecule has 0 spiro atoms. The number of esters is 1. The van der Waals surface area contributed by atoms with Crippen LogP contribution in [-0.2, 0) is 9.47 Å². The van der Waals surface area contributed by atoms with E-state index in [1.54, 1.807) is 31.6 Å². The first-order valence-electron chi connectivity index (χ1n) is 7.07. The molecule has 1 aliphatic carbocycles. The molecule has 2 atom stereocenters. The third kappa shape index (κ3) is 2.65. The third-order valence-electron chi connectivity index (χ3n) is 3.74. The molecule has 21 heavy (non-hydrogen) atoms. The van der Waals surface area contributed by atoms with Gasteiger partial charge >= 0.3 is 5.97 Å².